The molecule has 4 heteroatoms. The van der Waals surface area contributed by atoms with Gasteiger partial charge in [-0.3, -0.25) is 5.32 Å². The first-order valence-corrected chi connectivity index (χ1v) is 6.10. The van der Waals surface area contributed by atoms with E-state index in [1.165, 1.54) is 7.11 Å². The maximum absolute atomic E-state index is 11.8. The molecule has 0 fully saturated rings. The summed E-state index contributed by atoms with van der Waals surface area (Å²) < 4.78 is 9.98. The van der Waals surface area contributed by atoms with Crippen LogP contribution in [0.2, 0.25) is 0 Å². The Bertz CT molecular complexity index is 353. The van der Waals surface area contributed by atoms with E-state index in [9.17, 15) is 4.79 Å². The van der Waals surface area contributed by atoms with Crippen LogP contribution in [0.1, 0.15) is 24.9 Å². The zero-order chi connectivity index (χ0) is 13.4. The summed E-state index contributed by atoms with van der Waals surface area (Å²) in [5, 5.41) is 3.27. The van der Waals surface area contributed by atoms with Gasteiger partial charge in [0.25, 0.3) is 0 Å². The molecule has 4 nitrogen and oxygen atoms in total. The molecule has 0 bridgehead atoms. The SMILES string of the molecule is CCC(COC)NC(C(=O)OC)c1ccccc1. The molecule has 0 aliphatic heterocycles. The minimum absolute atomic E-state index is 0.124. The van der Waals surface area contributed by atoms with Crippen molar-refractivity contribution in [3.8, 4) is 0 Å². The summed E-state index contributed by atoms with van der Waals surface area (Å²) >= 11 is 0. The summed E-state index contributed by atoms with van der Waals surface area (Å²) in [4.78, 5) is 11.8. The summed E-state index contributed by atoms with van der Waals surface area (Å²) in [5.41, 5.74) is 0.902. The first-order valence-electron chi connectivity index (χ1n) is 6.10. The van der Waals surface area contributed by atoms with Crippen LogP contribution in [-0.2, 0) is 14.3 Å². The Balaban J connectivity index is 2.82. The molecule has 0 heterocycles. The van der Waals surface area contributed by atoms with Crippen LogP contribution in [0.4, 0.5) is 0 Å². The number of hydrogen-bond donors (Lipinski definition) is 1. The zero-order valence-electron chi connectivity index (χ0n) is 11.2. The standard InChI is InChI=1S/C14H21NO3/c1-4-12(10-17-2)15-13(14(16)18-3)11-8-6-5-7-9-11/h5-9,12-13,15H,4,10H2,1-3H3. The quantitative estimate of drug-likeness (QED) is 0.752. The van der Waals surface area contributed by atoms with Gasteiger partial charge in [0.05, 0.1) is 13.7 Å². The molecule has 0 aliphatic carbocycles. The molecule has 0 aromatic heterocycles. The van der Waals surface area contributed by atoms with Crippen molar-refractivity contribution < 1.29 is 14.3 Å². The third kappa shape index (κ3) is 4.13. The molecule has 0 spiro atoms. The van der Waals surface area contributed by atoms with E-state index in [-0.39, 0.29) is 12.0 Å². The topological polar surface area (TPSA) is 47.6 Å². The predicted octanol–water partition coefficient (Wildman–Crippen LogP) is 1.92. The van der Waals surface area contributed by atoms with Gasteiger partial charge in [-0.25, -0.2) is 4.79 Å². The van der Waals surface area contributed by atoms with Gasteiger partial charge in [0.2, 0.25) is 0 Å². The van der Waals surface area contributed by atoms with Crippen molar-refractivity contribution in [1.29, 1.82) is 0 Å². The van der Waals surface area contributed by atoms with Gasteiger partial charge >= 0.3 is 5.97 Å². The zero-order valence-corrected chi connectivity index (χ0v) is 11.2. The normalized spacial score (nSPS) is 13.9. The maximum Gasteiger partial charge on any atom is 0.327 e. The molecule has 0 aliphatic rings. The molecule has 1 rings (SSSR count). The van der Waals surface area contributed by atoms with E-state index in [0.29, 0.717) is 6.61 Å². The lowest BCUT2D eigenvalue weighted by Gasteiger charge is -2.23. The molecule has 1 aromatic carbocycles. The Morgan fingerprint density at radius 3 is 2.44 bits per heavy atom. The molecule has 0 radical (unpaired) electrons. The highest BCUT2D eigenvalue weighted by Crippen LogP contribution is 2.15. The van der Waals surface area contributed by atoms with Crippen molar-refractivity contribution in [3.63, 3.8) is 0 Å². The molecule has 18 heavy (non-hydrogen) atoms. The Labute approximate surface area is 108 Å². The van der Waals surface area contributed by atoms with Crippen LogP contribution in [-0.4, -0.2) is 32.8 Å². The summed E-state index contributed by atoms with van der Waals surface area (Å²) in [6, 6.07) is 9.23. The molecule has 0 saturated heterocycles. The second-order valence-corrected chi connectivity index (χ2v) is 4.09. The number of ether oxygens (including phenoxy) is 2. The average molecular weight is 251 g/mol. The number of esters is 1. The molecular formula is C14H21NO3. The fourth-order valence-corrected chi connectivity index (χ4v) is 1.78. The second kappa shape index (κ2) is 7.84. The van der Waals surface area contributed by atoms with Gasteiger partial charge in [-0.1, -0.05) is 37.3 Å². The monoisotopic (exact) mass is 251 g/mol. The Kier molecular flexibility index (Phi) is 6.39. The molecule has 1 N–H and O–H groups in total. The molecule has 100 valence electrons. The van der Waals surface area contributed by atoms with E-state index in [1.807, 2.05) is 30.3 Å². The summed E-state index contributed by atoms with van der Waals surface area (Å²) in [6.07, 6.45) is 0.883. The molecule has 2 atom stereocenters. The Hall–Kier alpha value is -1.39. The Morgan fingerprint density at radius 2 is 1.94 bits per heavy atom. The minimum Gasteiger partial charge on any atom is -0.468 e. The van der Waals surface area contributed by atoms with Crippen LogP contribution in [0.15, 0.2) is 30.3 Å². The number of methoxy groups -OCH3 is 2. The molecular weight excluding hydrogens is 230 g/mol. The molecule has 2 unspecified atom stereocenters. The van der Waals surface area contributed by atoms with Crippen LogP contribution in [0.5, 0.6) is 0 Å². The third-order valence-corrected chi connectivity index (χ3v) is 2.83. The lowest BCUT2D eigenvalue weighted by Crippen LogP contribution is -2.39. The highest BCUT2D eigenvalue weighted by molar-refractivity contribution is 5.77. The largest absolute Gasteiger partial charge is 0.468 e. The van der Waals surface area contributed by atoms with Gasteiger partial charge in [0.1, 0.15) is 6.04 Å². The van der Waals surface area contributed by atoms with Crippen LogP contribution >= 0.6 is 0 Å². The van der Waals surface area contributed by atoms with Crippen LogP contribution in [0, 0.1) is 0 Å². The van der Waals surface area contributed by atoms with Crippen LogP contribution in [0.3, 0.4) is 0 Å². The average Bonchev–Trinajstić information content (AvgIpc) is 2.43. The second-order valence-electron chi connectivity index (χ2n) is 4.09. The van der Waals surface area contributed by atoms with E-state index in [2.05, 4.69) is 12.2 Å². The van der Waals surface area contributed by atoms with Crippen molar-refractivity contribution in [3.05, 3.63) is 35.9 Å². The van der Waals surface area contributed by atoms with E-state index >= 15 is 0 Å². The smallest absolute Gasteiger partial charge is 0.327 e. The molecule has 0 amide bonds. The van der Waals surface area contributed by atoms with E-state index < -0.39 is 6.04 Å². The van der Waals surface area contributed by atoms with Crippen molar-refractivity contribution in [1.82, 2.24) is 5.32 Å². The summed E-state index contributed by atoms with van der Waals surface area (Å²) in [6.45, 7) is 2.62. The number of nitrogens with one attached hydrogen (secondary N) is 1. The van der Waals surface area contributed by atoms with Gasteiger partial charge in [-0.05, 0) is 12.0 Å². The van der Waals surface area contributed by atoms with Crippen LogP contribution < -0.4 is 5.32 Å². The van der Waals surface area contributed by atoms with Crippen LogP contribution in [0.25, 0.3) is 0 Å². The Morgan fingerprint density at radius 1 is 1.28 bits per heavy atom. The van der Waals surface area contributed by atoms with Crippen molar-refractivity contribution in [2.24, 2.45) is 0 Å². The van der Waals surface area contributed by atoms with Crippen molar-refractivity contribution >= 4 is 5.97 Å². The van der Waals surface area contributed by atoms with Gasteiger partial charge in [0, 0.05) is 13.2 Å². The van der Waals surface area contributed by atoms with E-state index in [4.69, 9.17) is 9.47 Å². The predicted molar refractivity (Wildman–Crippen MR) is 70.3 cm³/mol. The fourth-order valence-electron chi connectivity index (χ4n) is 1.78. The van der Waals surface area contributed by atoms with Gasteiger partial charge < -0.3 is 9.47 Å². The number of carbonyl (C=O) groups excluding carboxylic acids is 1. The summed E-state index contributed by atoms with van der Waals surface area (Å²) in [5.74, 6) is -0.282. The third-order valence-electron chi connectivity index (χ3n) is 2.83. The van der Waals surface area contributed by atoms with Gasteiger partial charge in [0.15, 0.2) is 0 Å². The number of benzene rings is 1. The van der Waals surface area contributed by atoms with Gasteiger partial charge in [-0.2, -0.15) is 0 Å². The molecule has 1 aromatic rings. The van der Waals surface area contributed by atoms with E-state index in [0.717, 1.165) is 12.0 Å². The fraction of sp³-hybridized carbons (Fsp3) is 0.500. The number of carbonyl (C=O) groups is 1. The minimum atomic E-state index is -0.448. The lowest BCUT2D eigenvalue weighted by atomic mass is 10.1. The van der Waals surface area contributed by atoms with Crippen molar-refractivity contribution in [2.45, 2.75) is 25.4 Å². The maximum atomic E-state index is 11.8. The first-order chi connectivity index (χ1) is 8.72. The van der Waals surface area contributed by atoms with Gasteiger partial charge in [-0.15, -0.1) is 0 Å². The highest BCUT2D eigenvalue weighted by atomic mass is 16.5. The number of rotatable bonds is 7. The highest BCUT2D eigenvalue weighted by Gasteiger charge is 2.23. The summed E-state index contributed by atoms with van der Waals surface area (Å²) in [7, 11) is 3.05. The molecule has 0 saturated carbocycles. The van der Waals surface area contributed by atoms with Crippen molar-refractivity contribution in [2.75, 3.05) is 20.8 Å². The first kappa shape index (κ1) is 14.7. The number of hydrogen-bond acceptors (Lipinski definition) is 4. The van der Waals surface area contributed by atoms with E-state index in [1.54, 1.807) is 7.11 Å². The lowest BCUT2D eigenvalue weighted by molar-refractivity contribution is -0.143.